The third-order valence-corrected chi connectivity index (χ3v) is 3.67. The first-order valence-corrected chi connectivity index (χ1v) is 7.58. The van der Waals surface area contributed by atoms with Crippen LogP contribution in [0, 0.1) is 0 Å². The lowest BCUT2D eigenvalue weighted by atomic mass is 10.3. The van der Waals surface area contributed by atoms with Gasteiger partial charge in [0.15, 0.2) is 0 Å². The molecule has 86 valence electrons. The van der Waals surface area contributed by atoms with Crippen molar-refractivity contribution in [3.8, 4) is 0 Å². The normalized spacial score (nSPS) is 15.7. The van der Waals surface area contributed by atoms with Crippen LogP contribution in [0.5, 0.6) is 0 Å². The summed E-state index contributed by atoms with van der Waals surface area (Å²) in [6, 6.07) is 0. The zero-order valence-electron chi connectivity index (χ0n) is 9.32. The van der Waals surface area contributed by atoms with Gasteiger partial charge in [-0.15, -0.1) is 23.5 Å². The van der Waals surface area contributed by atoms with E-state index >= 15 is 0 Å². The Morgan fingerprint density at radius 1 is 1.53 bits per heavy atom. The van der Waals surface area contributed by atoms with E-state index in [1.165, 1.54) is 25.0 Å². The van der Waals surface area contributed by atoms with Crippen molar-refractivity contribution in [2.45, 2.75) is 26.2 Å². The van der Waals surface area contributed by atoms with E-state index in [4.69, 9.17) is 0 Å². The molecular weight excluding hydrogens is 224 g/mol. The van der Waals surface area contributed by atoms with Crippen LogP contribution in [-0.4, -0.2) is 23.2 Å². The van der Waals surface area contributed by atoms with E-state index in [2.05, 4.69) is 40.5 Å². The van der Waals surface area contributed by atoms with Crippen LogP contribution < -0.4 is 5.43 Å². The maximum Gasteiger partial charge on any atom is 0.0833 e. The van der Waals surface area contributed by atoms with Crippen LogP contribution in [-0.2, 0) is 0 Å². The van der Waals surface area contributed by atoms with Crippen LogP contribution in [0.15, 0.2) is 23.1 Å². The number of thioether (sulfide) groups is 2. The smallest absolute Gasteiger partial charge is 0.0833 e. The van der Waals surface area contributed by atoms with Crippen molar-refractivity contribution in [2.24, 2.45) is 0 Å². The molecule has 0 spiro atoms. The Kier molecular flexibility index (Phi) is 7.97. The molecule has 1 N–H and O–H groups in total. The fourth-order valence-corrected chi connectivity index (χ4v) is 2.57. The minimum Gasteiger partial charge on any atom is -0.305 e. The lowest BCUT2D eigenvalue weighted by molar-refractivity contribution is 0.339. The molecule has 15 heavy (non-hydrogen) atoms. The number of nitrogens with zero attached hydrogens (tertiary/aromatic N) is 1. The Hall–Kier alpha value is -0.0600. The van der Waals surface area contributed by atoms with E-state index < -0.39 is 0 Å². The molecule has 1 rings (SSSR count). The lowest BCUT2D eigenvalue weighted by Crippen LogP contribution is -2.31. The molecule has 0 saturated heterocycles. The molecule has 0 aromatic carbocycles. The van der Waals surface area contributed by atoms with Gasteiger partial charge in [-0.25, -0.2) is 5.43 Å². The summed E-state index contributed by atoms with van der Waals surface area (Å²) >= 11 is 3.73. The molecule has 1 heterocycles. The predicted octanol–water partition coefficient (Wildman–Crippen LogP) is 3.41. The first-order valence-electron chi connectivity index (χ1n) is 5.48. The zero-order chi connectivity index (χ0) is 10.8. The van der Waals surface area contributed by atoms with E-state index in [-0.39, 0.29) is 0 Å². The second kappa shape index (κ2) is 9.19. The Morgan fingerprint density at radius 3 is 3.20 bits per heavy atom. The van der Waals surface area contributed by atoms with Crippen molar-refractivity contribution in [3.63, 3.8) is 0 Å². The minimum atomic E-state index is 0.922. The van der Waals surface area contributed by atoms with Crippen LogP contribution in [0.1, 0.15) is 26.2 Å². The fraction of sp³-hybridized carbons (Fsp3) is 0.636. The fourth-order valence-electron chi connectivity index (χ4n) is 1.17. The molecule has 0 atom stereocenters. The molecule has 0 fully saturated rings. The average Bonchev–Trinajstić information content (AvgIpc) is 2.75. The van der Waals surface area contributed by atoms with Crippen LogP contribution in [0.4, 0.5) is 0 Å². The highest BCUT2D eigenvalue weighted by atomic mass is 32.2. The third kappa shape index (κ3) is 6.93. The standard InChI is InChI=1S/C11H20N2S2/c1-2-3-4-8-14-9-5-6-12-13-7-10-15-11-13/h5,7,9-10,12H,2-4,6,8,11H2,1H3. The second-order valence-corrected chi connectivity index (χ2v) is 5.24. The van der Waals surface area contributed by atoms with Gasteiger partial charge in [0.05, 0.1) is 5.88 Å². The Bertz CT molecular complexity index is 205. The molecule has 0 aromatic rings. The third-order valence-electron chi connectivity index (χ3n) is 2.02. The summed E-state index contributed by atoms with van der Waals surface area (Å²) in [5.41, 5.74) is 3.31. The highest BCUT2D eigenvalue weighted by molar-refractivity contribution is 8.02. The van der Waals surface area contributed by atoms with Gasteiger partial charge in [0.1, 0.15) is 0 Å². The summed E-state index contributed by atoms with van der Waals surface area (Å²) in [5.74, 6) is 2.28. The van der Waals surface area contributed by atoms with Crippen LogP contribution in [0.3, 0.4) is 0 Å². The van der Waals surface area contributed by atoms with E-state index in [9.17, 15) is 0 Å². The van der Waals surface area contributed by atoms with Crippen molar-refractivity contribution in [1.29, 1.82) is 0 Å². The molecule has 0 aliphatic carbocycles. The van der Waals surface area contributed by atoms with Gasteiger partial charge in [-0.1, -0.05) is 25.8 Å². The maximum atomic E-state index is 3.31. The molecule has 0 saturated carbocycles. The van der Waals surface area contributed by atoms with Crippen molar-refractivity contribution in [3.05, 3.63) is 23.1 Å². The number of hydrogen-bond donors (Lipinski definition) is 1. The first-order chi connectivity index (χ1) is 7.43. The molecule has 0 amide bonds. The molecule has 0 aromatic heterocycles. The average molecular weight is 244 g/mol. The van der Waals surface area contributed by atoms with Gasteiger partial charge in [0, 0.05) is 12.7 Å². The minimum absolute atomic E-state index is 0.922. The van der Waals surface area contributed by atoms with E-state index in [1.54, 1.807) is 0 Å². The largest absolute Gasteiger partial charge is 0.305 e. The van der Waals surface area contributed by atoms with Crippen LogP contribution >= 0.6 is 23.5 Å². The van der Waals surface area contributed by atoms with Gasteiger partial charge >= 0.3 is 0 Å². The highest BCUT2D eigenvalue weighted by Gasteiger charge is 2.00. The van der Waals surface area contributed by atoms with Gasteiger partial charge in [-0.3, -0.25) is 0 Å². The molecule has 1 aliphatic heterocycles. The van der Waals surface area contributed by atoms with Gasteiger partial charge in [0.2, 0.25) is 0 Å². The quantitative estimate of drug-likeness (QED) is 0.658. The molecule has 2 nitrogen and oxygen atoms in total. The number of unbranched alkanes of at least 4 members (excludes halogenated alkanes) is 2. The number of nitrogens with one attached hydrogen (secondary N) is 1. The van der Waals surface area contributed by atoms with Crippen molar-refractivity contribution in [2.75, 3.05) is 18.2 Å². The number of hydrazine groups is 1. The van der Waals surface area contributed by atoms with Gasteiger partial charge < -0.3 is 5.01 Å². The topological polar surface area (TPSA) is 15.3 Å². The summed E-state index contributed by atoms with van der Waals surface area (Å²) in [6.45, 7) is 3.16. The molecule has 1 aliphatic rings. The van der Waals surface area contributed by atoms with Crippen LogP contribution in [0.2, 0.25) is 0 Å². The predicted molar refractivity (Wildman–Crippen MR) is 72.6 cm³/mol. The van der Waals surface area contributed by atoms with E-state index in [1.807, 2.05) is 23.5 Å². The lowest BCUT2D eigenvalue weighted by Gasteiger charge is -2.13. The SMILES string of the molecule is CCCCCSC=CCNN1C=CSC1. The van der Waals surface area contributed by atoms with Gasteiger partial charge in [-0.05, 0) is 23.0 Å². The molecule has 4 heteroatoms. The second-order valence-electron chi connectivity index (χ2n) is 3.36. The summed E-state index contributed by atoms with van der Waals surface area (Å²) in [4.78, 5) is 0. The first kappa shape index (κ1) is 13.0. The maximum absolute atomic E-state index is 3.31. The molecule has 0 radical (unpaired) electrons. The zero-order valence-corrected chi connectivity index (χ0v) is 10.9. The molecular formula is C11H20N2S2. The van der Waals surface area contributed by atoms with E-state index in [0.29, 0.717) is 0 Å². The highest BCUT2D eigenvalue weighted by Crippen LogP contribution is 2.12. The molecule has 0 unspecified atom stereocenters. The Morgan fingerprint density at radius 2 is 2.47 bits per heavy atom. The number of rotatable bonds is 8. The van der Waals surface area contributed by atoms with Gasteiger partial charge in [-0.2, -0.15) is 0 Å². The summed E-state index contributed by atoms with van der Waals surface area (Å²) in [7, 11) is 0. The monoisotopic (exact) mass is 244 g/mol. The Labute approximate surface area is 102 Å². The van der Waals surface area contributed by atoms with E-state index in [0.717, 1.165) is 12.4 Å². The Balaban J connectivity index is 1.86. The summed E-state index contributed by atoms with van der Waals surface area (Å²) in [5, 5.41) is 6.42. The molecule has 0 bridgehead atoms. The van der Waals surface area contributed by atoms with Crippen molar-refractivity contribution in [1.82, 2.24) is 10.4 Å². The van der Waals surface area contributed by atoms with Crippen molar-refractivity contribution < 1.29 is 0 Å². The summed E-state index contributed by atoms with van der Waals surface area (Å²) in [6.07, 6.45) is 8.27. The van der Waals surface area contributed by atoms with Gasteiger partial charge in [0.25, 0.3) is 0 Å². The van der Waals surface area contributed by atoms with Crippen LogP contribution in [0.25, 0.3) is 0 Å². The van der Waals surface area contributed by atoms with Crippen molar-refractivity contribution >= 4 is 23.5 Å². The summed E-state index contributed by atoms with van der Waals surface area (Å²) < 4.78 is 0. The number of hydrogen-bond acceptors (Lipinski definition) is 4.